The SMILES string of the molecule is CC=CC(=CC=N)C(=O)O. The van der Waals surface area contributed by atoms with E-state index in [-0.39, 0.29) is 5.57 Å². The number of rotatable bonds is 3. The van der Waals surface area contributed by atoms with Crippen LogP contribution in [-0.4, -0.2) is 17.3 Å². The second-order valence-corrected chi connectivity index (χ2v) is 1.59. The lowest BCUT2D eigenvalue weighted by Crippen LogP contribution is -1.97. The van der Waals surface area contributed by atoms with Crippen LogP contribution in [0.3, 0.4) is 0 Å². The van der Waals surface area contributed by atoms with E-state index < -0.39 is 5.97 Å². The normalized spacial score (nSPS) is 11.9. The lowest BCUT2D eigenvalue weighted by Gasteiger charge is -1.88. The van der Waals surface area contributed by atoms with Crippen molar-refractivity contribution in [3.8, 4) is 0 Å². The summed E-state index contributed by atoms with van der Waals surface area (Å²) < 4.78 is 0. The van der Waals surface area contributed by atoms with Crippen LogP contribution in [0.5, 0.6) is 0 Å². The fourth-order valence-corrected chi connectivity index (χ4v) is 0.467. The molecule has 0 amide bonds. The summed E-state index contributed by atoms with van der Waals surface area (Å²) in [6, 6.07) is 0. The number of nitrogens with one attached hydrogen (secondary N) is 1. The molecule has 0 aromatic carbocycles. The Morgan fingerprint density at radius 3 is 2.50 bits per heavy atom. The summed E-state index contributed by atoms with van der Waals surface area (Å²) in [7, 11) is 0. The van der Waals surface area contributed by atoms with E-state index in [9.17, 15) is 4.79 Å². The van der Waals surface area contributed by atoms with Gasteiger partial charge in [-0.1, -0.05) is 12.2 Å². The third-order valence-electron chi connectivity index (χ3n) is 0.856. The molecule has 0 heterocycles. The highest BCUT2D eigenvalue weighted by atomic mass is 16.4. The van der Waals surface area contributed by atoms with E-state index in [0.29, 0.717) is 0 Å². The highest BCUT2D eigenvalue weighted by molar-refractivity contribution is 5.94. The maximum Gasteiger partial charge on any atom is 0.335 e. The number of carbonyl (C=O) groups is 1. The molecule has 0 aromatic rings. The van der Waals surface area contributed by atoms with Crippen LogP contribution in [0.25, 0.3) is 0 Å². The zero-order valence-electron chi connectivity index (χ0n) is 5.66. The Hall–Kier alpha value is -1.38. The first kappa shape index (κ1) is 8.62. The van der Waals surface area contributed by atoms with Crippen LogP contribution in [-0.2, 0) is 4.79 Å². The molecule has 3 nitrogen and oxygen atoms in total. The van der Waals surface area contributed by atoms with Crippen LogP contribution in [0.1, 0.15) is 6.92 Å². The summed E-state index contributed by atoms with van der Waals surface area (Å²) in [5.41, 5.74) is 0.123. The summed E-state index contributed by atoms with van der Waals surface area (Å²) in [5, 5.41) is 15.0. The molecule has 0 aliphatic heterocycles. The Kier molecular flexibility index (Phi) is 3.87. The van der Waals surface area contributed by atoms with E-state index in [1.807, 2.05) is 0 Å². The van der Waals surface area contributed by atoms with Crippen LogP contribution in [0.4, 0.5) is 0 Å². The lowest BCUT2D eigenvalue weighted by molar-refractivity contribution is -0.132. The van der Waals surface area contributed by atoms with Crippen LogP contribution in [0, 0.1) is 5.41 Å². The molecule has 0 aliphatic rings. The standard InChI is InChI=1S/C7H9NO2/c1-2-3-6(4-5-8)7(9)10/h2-5,8H,1H3,(H,9,10). The highest BCUT2D eigenvalue weighted by Gasteiger charge is 1.98. The van der Waals surface area contributed by atoms with Crippen LogP contribution >= 0.6 is 0 Å². The van der Waals surface area contributed by atoms with Gasteiger partial charge in [0.05, 0.1) is 5.57 Å². The second-order valence-electron chi connectivity index (χ2n) is 1.59. The Bertz CT molecular complexity index is 192. The molecule has 0 saturated heterocycles. The molecule has 0 aromatic heterocycles. The monoisotopic (exact) mass is 139 g/mol. The largest absolute Gasteiger partial charge is 0.478 e. The Morgan fingerprint density at radius 1 is 1.60 bits per heavy atom. The van der Waals surface area contributed by atoms with Gasteiger partial charge in [0.25, 0.3) is 0 Å². The average Bonchev–Trinajstić information content (AvgIpc) is 1.87. The topological polar surface area (TPSA) is 61.2 Å². The summed E-state index contributed by atoms with van der Waals surface area (Å²) in [5.74, 6) is -1.01. The molecule has 3 heteroatoms. The summed E-state index contributed by atoms with van der Waals surface area (Å²) in [6.07, 6.45) is 5.22. The van der Waals surface area contributed by atoms with Gasteiger partial charge in [-0.15, -0.1) is 0 Å². The first-order valence-corrected chi connectivity index (χ1v) is 2.79. The number of carboxylic acid groups (broad SMARTS) is 1. The van der Waals surface area contributed by atoms with Gasteiger partial charge in [-0.2, -0.15) is 0 Å². The van der Waals surface area contributed by atoms with E-state index in [1.54, 1.807) is 13.0 Å². The zero-order chi connectivity index (χ0) is 7.98. The molecular weight excluding hydrogens is 130 g/mol. The van der Waals surface area contributed by atoms with Crippen molar-refractivity contribution in [2.45, 2.75) is 6.92 Å². The predicted molar refractivity (Wildman–Crippen MR) is 39.3 cm³/mol. The van der Waals surface area contributed by atoms with Crippen molar-refractivity contribution < 1.29 is 9.90 Å². The molecule has 2 N–H and O–H groups in total. The third kappa shape index (κ3) is 2.81. The van der Waals surface area contributed by atoms with E-state index >= 15 is 0 Å². The van der Waals surface area contributed by atoms with Gasteiger partial charge in [0, 0.05) is 6.21 Å². The molecule has 0 radical (unpaired) electrons. The summed E-state index contributed by atoms with van der Waals surface area (Å²) in [6.45, 7) is 1.72. The Labute approximate surface area is 59.2 Å². The van der Waals surface area contributed by atoms with Crippen LogP contribution in [0.15, 0.2) is 23.8 Å². The number of hydrogen-bond acceptors (Lipinski definition) is 2. The first-order chi connectivity index (χ1) is 4.72. The summed E-state index contributed by atoms with van der Waals surface area (Å²) >= 11 is 0. The number of aliphatic carboxylic acids is 1. The molecule has 0 rings (SSSR count). The van der Waals surface area contributed by atoms with Crippen LogP contribution < -0.4 is 0 Å². The zero-order valence-corrected chi connectivity index (χ0v) is 5.66. The van der Waals surface area contributed by atoms with Crippen molar-refractivity contribution >= 4 is 12.2 Å². The maximum absolute atomic E-state index is 10.3. The minimum atomic E-state index is -1.01. The second kappa shape index (κ2) is 4.49. The van der Waals surface area contributed by atoms with Crippen LogP contribution in [0.2, 0.25) is 0 Å². The van der Waals surface area contributed by atoms with Gasteiger partial charge in [-0.25, -0.2) is 4.79 Å². The molecular formula is C7H9NO2. The average molecular weight is 139 g/mol. The molecule has 0 atom stereocenters. The third-order valence-corrected chi connectivity index (χ3v) is 0.856. The van der Waals surface area contributed by atoms with Gasteiger partial charge < -0.3 is 10.5 Å². The lowest BCUT2D eigenvalue weighted by atomic mass is 10.2. The van der Waals surface area contributed by atoms with Gasteiger partial charge in [-0.3, -0.25) is 0 Å². The van der Waals surface area contributed by atoms with E-state index in [2.05, 4.69) is 0 Å². The molecule has 0 aliphatic carbocycles. The molecule has 0 unspecified atom stereocenters. The molecule has 0 saturated carbocycles. The highest BCUT2D eigenvalue weighted by Crippen LogP contribution is 1.94. The summed E-state index contributed by atoms with van der Waals surface area (Å²) in [4.78, 5) is 10.3. The smallest absolute Gasteiger partial charge is 0.335 e. The fraction of sp³-hybridized carbons (Fsp3) is 0.143. The predicted octanol–water partition coefficient (Wildman–Crippen LogP) is 1.22. The number of hydrogen-bond donors (Lipinski definition) is 2. The Morgan fingerprint density at radius 2 is 2.20 bits per heavy atom. The van der Waals surface area contributed by atoms with Crippen molar-refractivity contribution in [3.63, 3.8) is 0 Å². The van der Waals surface area contributed by atoms with Crippen molar-refractivity contribution in [1.82, 2.24) is 0 Å². The van der Waals surface area contributed by atoms with Gasteiger partial charge in [0.2, 0.25) is 0 Å². The van der Waals surface area contributed by atoms with E-state index in [1.165, 1.54) is 12.2 Å². The van der Waals surface area contributed by atoms with Crippen molar-refractivity contribution in [2.24, 2.45) is 0 Å². The minimum absolute atomic E-state index is 0.123. The minimum Gasteiger partial charge on any atom is -0.478 e. The molecule has 54 valence electrons. The number of allylic oxidation sites excluding steroid dienone is 2. The molecule has 0 spiro atoms. The van der Waals surface area contributed by atoms with Gasteiger partial charge in [0.1, 0.15) is 0 Å². The van der Waals surface area contributed by atoms with Crippen molar-refractivity contribution in [1.29, 1.82) is 5.41 Å². The Balaban J connectivity index is 4.41. The van der Waals surface area contributed by atoms with Crippen molar-refractivity contribution in [3.05, 3.63) is 23.8 Å². The fourth-order valence-electron chi connectivity index (χ4n) is 0.467. The van der Waals surface area contributed by atoms with E-state index in [4.69, 9.17) is 10.5 Å². The van der Waals surface area contributed by atoms with Gasteiger partial charge in [-0.05, 0) is 13.0 Å². The van der Waals surface area contributed by atoms with E-state index in [0.717, 1.165) is 6.21 Å². The first-order valence-electron chi connectivity index (χ1n) is 2.79. The molecule has 0 bridgehead atoms. The number of carboxylic acids is 1. The van der Waals surface area contributed by atoms with Gasteiger partial charge in [0.15, 0.2) is 0 Å². The quantitative estimate of drug-likeness (QED) is 0.351. The molecule has 0 fully saturated rings. The molecule has 10 heavy (non-hydrogen) atoms. The van der Waals surface area contributed by atoms with Crippen molar-refractivity contribution in [2.75, 3.05) is 0 Å². The maximum atomic E-state index is 10.3. The van der Waals surface area contributed by atoms with Gasteiger partial charge >= 0.3 is 5.97 Å².